The summed E-state index contributed by atoms with van der Waals surface area (Å²) in [5, 5.41) is 13.6. The van der Waals surface area contributed by atoms with E-state index in [1.165, 1.54) is 24.3 Å². The molecule has 33 heavy (non-hydrogen) atoms. The van der Waals surface area contributed by atoms with E-state index in [1.807, 2.05) is 35.2 Å². The van der Waals surface area contributed by atoms with Crippen LogP contribution in [0.5, 0.6) is 0 Å². The molecule has 7 nitrogen and oxygen atoms in total. The average Bonchev–Trinajstić information content (AvgIpc) is 3.20. The van der Waals surface area contributed by atoms with Crippen LogP contribution in [0.3, 0.4) is 0 Å². The van der Waals surface area contributed by atoms with E-state index in [4.69, 9.17) is 0 Å². The number of anilines is 2. The van der Waals surface area contributed by atoms with Crippen LogP contribution in [-0.2, 0) is 4.79 Å². The van der Waals surface area contributed by atoms with Gasteiger partial charge in [0.2, 0.25) is 5.91 Å². The molecule has 1 fully saturated rings. The minimum Gasteiger partial charge on any atom is -0.322 e. The van der Waals surface area contributed by atoms with Gasteiger partial charge in [-0.2, -0.15) is 0 Å². The van der Waals surface area contributed by atoms with Gasteiger partial charge in [-0.3, -0.25) is 24.6 Å². The van der Waals surface area contributed by atoms with Crippen molar-refractivity contribution < 1.29 is 14.5 Å². The molecule has 0 radical (unpaired) electrons. The summed E-state index contributed by atoms with van der Waals surface area (Å²) < 4.78 is 0. The van der Waals surface area contributed by atoms with E-state index in [0.29, 0.717) is 11.4 Å². The molecule has 3 aromatic carbocycles. The largest absolute Gasteiger partial charge is 0.322 e. The first kappa shape index (κ1) is 22.5. The Bertz CT molecular complexity index is 1210. The maximum absolute atomic E-state index is 12.8. The Kier molecular flexibility index (Phi) is 6.46. The van der Waals surface area contributed by atoms with Gasteiger partial charge in [-0.25, -0.2) is 0 Å². The van der Waals surface area contributed by atoms with Gasteiger partial charge in [0, 0.05) is 29.1 Å². The van der Waals surface area contributed by atoms with Crippen molar-refractivity contribution in [3.05, 3.63) is 99.6 Å². The molecule has 1 unspecified atom stereocenters. The zero-order chi connectivity index (χ0) is 23.5. The van der Waals surface area contributed by atoms with Crippen molar-refractivity contribution in [3.63, 3.8) is 0 Å². The summed E-state index contributed by atoms with van der Waals surface area (Å²) in [7, 11) is 0. The van der Waals surface area contributed by atoms with Crippen LogP contribution in [0.1, 0.15) is 46.6 Å². The van der Waals surface area contributed by atoms with E-state index in [9.17, 15) is 19.7 Å². The van der Waals surface area contributed by atoms with Crippen LogP contribution in [-0.4, -0.2) is 22.5 Å². The number of hydrogen-bond acceptors (Lipinski definition) is 5. The molecule has 1 aliphatic rings. The number of nitro groups is 1. The van der Waals surface area contributed by atoms with Crippen LogP contribution in [0.4, 0.5) is 17.1 Å². The Balaban J connectivity index is 1.54. The fraction of sp³-hybridized carbons (Fsp3) is 0.200. The van der Waals surface area contributed by atoms with E-state index in [0.717, 1.165) is 16.8 Å². The van der Waals surface area contributed by atoms with Crippen LogP contribution in [0.15, 0.2) is 72.8 Å². The van der Waals surface area contributed by atoms with Crippen LogP contribution < -0.4 is 10.2 Å². The predicted molar refractivity (Wildman–Crippen MR) is 131 cm³/mol. The third-order valence-corrected chi connectivity index (χ3v) is 6.67. The van der Waals surface area contributed by atoms with Crippen LogP contribution >= 0.6 is 11.8 Å². The topological polar surface area (TPSA) is 92.6 Å². The highest BCUT2D eigenvalue weighted by Gasteiger charge is 2.35. The number of hydrogen-bond donors (Lipinski definition) is 1. The molecule has 1 aliphatic heterocycles. The molecule has 8 heteroatoms. The Morgan fingerprint density at radius 1 is 1.09 bits per heavy atom. The van der Waals surface area contributed by atoms with Gasteiger partial charge < -0.3 is 5.32 Å². The number of thioether (sulfide) groups is 1. The Morgan fingerprint density at radius 2 is 1.82 bits per heavy atom. The highest BCUT2D eigenvalue weighted by molar-refractivity contribution is 8.00. The molecule has 1 heterocycles. The molecule has 0 saturated carbocycles. The third-order valence-electron chi connectivity index (χ3n) is 5.46. The van der Waals surface area contributed by atoms with Crippen molar-refractivity contribution in [2.45, 2.75) is 25.1 Å². The smallest absolute Gasteiger partial charge is 0.270 e. The number of non-ortho nitro benzene ring substituents is 1. The lowest BCUT2D eigenvalue weighted by Crippen LogP contribution is -2.29. The summed E-state index contributed by atoms with van der Waals surface area (Å²) in [4.78, 5) is 37.6. The number of carbonyl (C=O) groups is 2. The molecule has 1 atom stereocenters. The molecule has 0 bridgehead atoms. The van der Waals surface area contributed by atoms with E-state index in [1.54, 1.807) is 23.9 Å². The Hall–Kier alpha value is -3.65. The van der Waals surface area contributed by atoms with E-state index in [-0.39, 0.29) is 28.4 Å². The molecule has 0 spiro atoms. The molecule has 0 aliphatic carbocycles. The SMILES string of the molecule is CC(C)c1ccccc1N1C(=O)CSC1c1ccc(NC(=O)c2cccc([N+](=O)[O-])c2)cc1. The number of rotatable bonds is 6. The monoisotopic (exact) mass is 461 g/mol. The zero-order valence-electron chi connectivity index (χ0n) is 18.2. The van der Waals surface area contributed by atoms with E-state index < -0.39 is 10.8 Å². The van der Waals surface area contributed by atoms with Crippen molar-refractivity contribution in [2.75, 3.05) is 16.0 Å². The molecule has 1 N–H and O–H groups in total. The number of benzene rings is 3. The van der Waals surface area contributed by atoms with Gasteiger partial charge >= 0.3 is 0 Å². The molecule has 1 saturated heterocycles. The number of carbonyl (C=O) groups excluding carboxylic acids is 2. The normalized spacial score (nSPS) is 15.7. The number of para-hydroxylation sites is 1. The van der Waals surface area contributed by atoms with Crippen LogP contribution in [0.2, 0.25) is 0 Å². The standard InChI is InChI=1S/C25H23N3O4S/c1-16(2)21-8-3-4-9-22(21)27-23(29)15-33-25(27)17-10-12-19(13-11-17)26-24(30)18-6-5-7-20(14-18)28(31)32/h3-14,16,25H,15H2,1-2H3,(H,26,30). The Labute approximate surface area is 196 Å². The first-order valence-corrected chi connectivity index (χ1v) is 11.6. The van der Waals surface area contributed by atoms with Crippen molar-refractivity contribution in [2.24, 2.45) is 0 Å². The molecular formula is C25H23N3O4S. The lowest BCUT2D eigenvalue weighted by Gasteiger charge is -2.27. The van der Waals surface area contributed by atoms with Gasteiger partial charge in [0.15, 0.2) is 0 Å². The number of nitro benzene ring substituents is 1. The zero-order valence-corrected chi connectivity index (χ0v) is 19.0. The Morgan fingerprint density at radius 3 is 2.52 bits per heavy atom. The second-order valence-corrected chi connectivity index (χ2v) is 9.09. The van der Waals surface area contributed by atoms with Gasteiger partial charge in [0.1, 0.15) is 5.37 Å². The number of nitrogens with one attached hydrogen (secondary N) is 1. The maximum Gasteiger partial charge on any atom is 0.270 e. The number of nitrogens with zero attached hydrogens (tertiary/aromatic N) is 2. The van der Waals surface area contributed by atoms with Gasteiger partial charge in [0.25, 0.3) is 11.6 Å². The molecule has 3 aromatic rings. The van der Waals surface area contributed by atoms with Crippen LogP contribution in [0, 0.1) is 10.1 Å². The summed E-state index contributed by atoms with van der Waals surface area (Å²) >= 11 is 1.57. The third kappa shape index (κ3) is 4.75. The highest BCUT2D eigenvalue weighted by Crippen LogP contribution is 2.44. The highest BCUT2D eigenvalue weighted by atomic mass is 32.2. The molecule has 4 rings (SSSR count). The molecular weight excluding hydrogens is 438 g/mol. The summed E-state index contributed by atoms with van der Waals surface area (Å²) in [5.74, 6) is 0.333. The van der Waals surface area contributed by atoms with Gasteiger partial charge in [0.05, 0.1) is 10.7 Å². The first-order chi connectivity index (χ1) is 15.8. The second-order valence-electron chi connectivity index (χ2n) is 8.02. The molecule has 168 valence electrons. The van der Waals surface area contributed by atoms with Crippen molar-refractivity contribution in [1.29, 1.82) is 0 Å². The van der Waals surface area contributed by atoms with Crippen LogP contribution in [0.25, 0.3) is 0 Å². The fourth-order valence-corrected chi connectivity index (χ4v) is 4.99. The van der Waals surface area contributed by atoms with Crippen molar-refractivity contribution >= 4 is 40.6 Å². The number of amides is 2. The maximum atomic E-state index is 12.8. The summed E-state index contributed by atoms with van der Waals surface area (Å²) in [5.41, 5.74) is 3.65. The lowest BCUT2D eigenvalue weighted by molar-refractivity contribution is -0.384. The average molecular weight is 462 g/mol. The summed E-state index contributed by atoms with van der Waals surface area (Å²) in [6.45, 7) is 4.22. The fourth-order valence-electron chi connectivity index (χ4n) is 3.82. The lowest BCUT2D eigenvalue weighted by atomic mass is 10.00. The first-order valence-electron chi connectivity index (χ1n) is 10.5. The van der Waals surface area contributed by atoms with E-state index in [2.05, 4.69) is 25.2 Å². The summed E-state index contributed by atoms with van der Waals surface area (Å²) in [6, 6.07) is 20.9. The minimum atomic E-state index is -0.532. The van der Waals surface area contributed by atoms with E-state index >= 15 is 0 Å². The quantitative estimate of drug-likeness (QED) is 0.373. The van der Waals surface area contributed by atoms with Crippen molar-refractivity contribution in [3.8, 4) is 0 Å². The summed E-state index contributed by atoms with van der Waals surface area (Å²) in [6.07, 6.45) is 0. The van der Waals surface area contributed by atoms with Gasteiger partial charge in [-0.1, -0.05) is 50.2 Å². The van der Waals surface area contributed by atoms with Gasteiger partial charge in [-0.15, -0.1) is 11.8 Å². The minimum absolute atomic E-state index is 0.0705. The molecule has 2 amide bonds. The molecule has 0 aromatic heterocycles. The second kappa shape index (κ2) is 9.46. The van der Waals surface area contributed by atoms with Gasteiger partial charge in [-0.05, 0) is 41.3 Å². The van der Waals surface area contributed by atoms with Crippen molar-refractivity contribution in [1.82, 2.24) is 0 Å². The predicted octanol–water partition coefficient (Wildman–Crippen LogP) is 5.75.